The number of likely N-dealkylation sites (tertiary alicyclic amines) is 2. The molecular weight excluding hydrogens is 330 g/mol. The third-order valence-corrected chi connectivity index (χ3v) is 5.43. The maximum Gasteiger partial charge on any atom is 0.317 e. The average Bonchev–Trinajstić information content (AvgIpc) is 3.19. The van der Waals surface area contributed by atoms with Crippen molar-refractivity contribution in [2.45, 2.75) is 6.04 Å². The van der Waals surface area contributed by atoms with Crippen molar-refractivity contribution in [3.63, 3.8) is 0 Å². The lowest BCUT2D eigenvalue weighted by atomic mass is 9.89. The molecule has 0 bridgehead atoms. The smallest absolute Gasteiger partial charge is 0.317 e. The summed E-state index contributed by atoms with van der Waals surface area (Å²) in [4.78, 5) is 32.1. The Labute approximate surface area is 152 Å². The molecule has 4 rings (SSSR count). The minimum atomic E-state index is -0.800. The van der Waals surface area contributed by atoms with Gasteiger partial charge in [0.2, 0.25) is 0 Å². The van der Waals surface area contributed by atoms with Crippen LogP contribution in [0, 0.1) is 11.8 Å². The molecule has 134 valence electrons. The number of aliphatic carboxylic acids is 1. The third-order valence-electron chi connectivity index (χ3n) is 5.43. The molecule has 2 aliphatic heterocycles. The second-order valence-corrected chi connectivity index (χ2v) is 7.06. The van der Waals surface area contributed by atoms with E-state index in [1.807, 2.05) is 28.0 Å². The highest BCUT2D eigenvalue weighted by Gasteiger charge is 2.49. The summed E-state index contributed by atoms with van der Waals surface area (Å²) >= 11 is 0. The highest BCUT2D eigenvalue weighted by atomic mass is 16.4. The molecule has 1 N–H and O–H groups in total. The van der Waals surface area contributed by atoms with Crippen LogP contribution in [0.5, 0.6) is 0 Å². The van der Waals surface area contributed by atoms with Crippen LogP contribution in [0.1, 0.15) is 22.0 Å². The van der Waals surface area contributed by atoms with Gasteiger partial charge in [0, 0.05) is 43.5 Å². The first-order valence-corrected chi connectivity index (χ1v) is 8.83. The Balaban J connectivity index is 1.63. The van der Waals surface area contributed by atoms with Crippen LogP contribution in [0.2, 0.25) is 0 Å². The summed E-state index contributed by atoms with van der Waals surface area (Å²) in [6, 6.07) is 13.5. The summed E-state index contributed by atoms with van der Waals surface area (Å²) in [5, 5.41) is 9.10. The van der Waals surface area contributed by atoms with Crippen molar-refractivity contribution >= 4 is 11.9 Å². The predicted octanol–water partition coefficient (Wildman–Crippen LogP) is 1.91. The van der Waals surface area contributed by atoms with Crippen molar-refractivity contribution in [2.75, 3.05) is 26.2 Å². The molecular formula is C20H21N3O3. The van der Waals surface area contributed by atoms with E-state index in [1.54, 1.807) is 24.5 Å². The number of carboxylic acids is 1. The number of carboxylic acid groups (broad SMARTS) is 1. The molecule has 1 amide bonds. The van der Waals surface area contributed by atoms with E-state index in [9.17, 15) is 9.59 Å². The van der Waals surface area contributed by atoms with Gasteiger partial charge in [-0.15, -0.1) is 0 Å². The number of carbonyl (C=O) groups excluding carboxylic acids is 1. The third kappa shape index (κ3) is 3.08. The van der Waals surface area contributed by atoms with E-state index in [0.29, 0.717) is 24.6 Å². The minimum absolute atomic E-state index is 0.0143. The zero-order valence-corrected chi connectivity index (χ0v) is 14.4. The standard InChI is InChI=1S/C20H21N3O3/c24-18(25)13-22-10-16-11-23(20(26)15-6-8-21-9-7-15)19(17(16)12-22)14-4-2-1-3-5-14/h1-9,16-17,19H,10-13H2,(H,24,25)/t16-,17-,19+/m0/s1. The maximum absolute atomic E-state index is 13.1. The van der Waals surface area contributed by atoms with Crippen molar-refractivity contribution in [3.05, 3.63) is 66.0 Å². The molecule has 0 saturated carbocycles. The van der Waals surface area contributed by atoms with Gasteiger partial charge in [-0.2, -0.15) is 0 Å². The van der Waals surface area contributed by atoms with E-state index in [-0.39, 0.29) is 24.4 Å². The van der Waals surface area contributed by atoms with Gasteiger partial charge in [0.15, 0.2) is 0 Å². The van der Waals surface area contributed by atoms with Gasteiger partial charge in [-0.05, 0) is 23.6 Å². The quantitative estimate of drug-likeness (QED) is 0.911. The number of rotatable bonds is 4. The molecule has 2 aromatic rings. The number of nitrogens with zero attached hydrogens (tertiary/aromatic N) is 3. The zero-order chi connectivity index (χ0) is 18.1. The Hall–Kier alpha value is -2.73. The lowest BCUT2D eigenvalue weighted by molar-refractivity contribution is -0.138. The highest BCUT2D eigenvalue weighted by molar-refractivity contribution is 5.94. The van der Waals surface area contributed by atoms with Gasteiger partial charge < -0.3 is 10.0 Å². The lowest BCUT2D eigenvalue weighted by Gasteiger charge is -2.29. The summed E-state index contributed by atoms with van der Waals surface area (Å²) in [5.41, 5.74) is 1.75. The second-order valence-electron chi connectivity index (χ2n) is 7.06. The molecule has 2 saturated heterocycles. The molecule has 6 nitrogen and oxygen atoms in total. The first-order valence-electron chi connectivity index (χ1n) is 8.83. The minimum Gasteiger partial charge on any atom is -0.480 e. The molecule has 0 spiro atoms. The molecule has 1 aromatic heterocycles. The van der Waals surface area contributed by atoms with E-state index in [2.05, 4.69) is 17.1 Å². The van der Waals surface area contributed by atoms with Gasteiger partial charge in [-0.25, -0.2) is 0 Å². The van der Waals surface area contributed by atoms with Gasteiger partial charge in [-0.1, -0.05) is 30.3 Å². The molecule has 1 aromatic carbocycles. The van der Waals surface area contributed by atoms with E-state index in [1.165, 1.54) is 0 Å². The van der Waals surface area contributed by atoms with Gasteiger partial charge in [0.05, 0.1) is 12.6 Å². The summed E-state index contributed by atoms with van der Waals surface area (Å²) in [7, 11) is 0. The highest BCUT2D eigenvalue weighted by Crippen LogP contribution is 2.45. The molecule has 0 aliphatic carbocycles. The van der Waals surface area contributed by atoms with Gasteiger partial charge in [-0.3, -0.25) is 19.5 Å². The number of hydrogen-bond donors (Lipinski definition) is 1. The van der Waals surface area contributed by atoms with Crippen molar-refractivity contribution in [3.8, 4) is 0 Å². The SMILES string of the molecule is O=C(O)CN1C[C@H]2CN(C(=O)c3ccncc3)[C@H](c3ccccc3)[C@H]2C1. The van der Waals surface area contributed by atoms with Crippen molar-refractivity contribution in [2.24, 2.45) is 11.8 Å². The van der Waals surface area contributed by atoms with Crippen LogP contribution in [-0.4, -0.2) is 57.9 Å². The molecule has 3 heterocycles. The van der Waals surface area contributed by atoms with Crippen LogP contribution >= 0.6 is 0 Å². The van der Waals surface area contributed by atoms with Crippen LogP contribution in [-0.2, 0) is 4.79 Å². The number of carbonyl (C=O) groups is 2. The lowest BCUT2D eigenvalue weighted by Crippen LogP contribution is -2.37. The number of hydrogen-bond acceptors (Lipinski definition) is 4. The molecule has 2 aliphatic rings. The summed E-state index contributed by atoms with van der Waals surface area (Å²) in [5.74, 6) is -0.237. The number of aromatic nitrogens is 1. The maximum atomic E-state index is 13.1. The Morgan fingerprint density at radius 1 is 1.04 bits per heavy atom. The van der Waals surface area contributed by atoms with Crippen LogP contribution in [0.15, 0.2) is 54.9 Å². The Kier molecular flexibility index (Phi) is 4.42. The van der Waals surface area contributed by atoms with Crippen LogP contribution < -0.4 is 0 Å². The second kappa shape index (κ2) is 6.88. The van der Waals surface area contributed by atoms with Gasteiger partial charge >= 0.3 is 5.97 Å². The molecule has 0 radical (unpaired) electrons. The Morgan fingerprint density at radius 3 is 2.46 bits per heavy atom. The largest absolute Gasteiger partial charge is 0.480 e. The normalized spacial score (nSPS) is 25.2. The van der Waals surface area contributed by atoms with E-state index >= 15 is 0 Å². The van der Waals surface area contributed by atoms with E-state index in [4.69, 9.17) is 5.11 Å². The fourth-order valence-corrected chi connectivity index (χ4v) is 4.40. The molecule has 3 atom stereocenters. The first-order chi connectivity index (χ1) is 12.6. The van der Waals surface area contributed by atoms with Crippen LogP contribution in [0.25, 0.3) is 0 Å². The zero-order valence-electron chi connectivity index (χ0n) is 14.4. The average molecular weight is 351 g/mol. The molecule has 26 heavy (non-hydrogen) atoms. The predicted molar refractivity (Wildman–Crippen MR) is 95.5 cm³/mol. The van der Waals surface area contributed by atoms with Crippen molar-refractivity contribution in [1.82, 2.24) is 14.8 Å². The topological polar surface area (TPSA) is 73.7 Å². The molecule has 6 heteroatoms. The molecule has 2 fully saturated rings. The van der Waals surface area contributed by atoms with E-state index < -0.39 is 5.97 Å². The number of fused-ring (bicyclic) bond motifs is 1. The van der Waals surface area contributed by atoms with Crippen LogP contribution in [0.4, 0.5) is 0 Å². The monoisotopic (exact) mass is 351 g/mol. The number of pyridine rings is 1. The number of benzene rings is 1. The van der Waals surface area contributed by atoms with Crippen LogP contribution in [0.3, 0.4) is 0 Å². The van der Waals surface area contributed by atoms with Crippen molar-refractivity contribution < 1.29 is 14.7 Å². The molecule has 0 unspecified atom stereocenters. The first kappa shape index (κ1) is 16.7. The summed E-state index contributed by atoms with van der Waals surface area (Å²) < 4.78 is 0. The summed E-state index contributed by atoms with van der Waals surface area (Å²) in [6.07, 6.45) is 3.27. The Morgan fingerprint density at radius 2 is 1.77 bits per heavy atom. The Bertz CT molecular complexity index is 796. The van der Waals surface area contributed by atoms with Crippen molar-refractivity contribution in [1.29, 1.82) is 0 Å². The fourth-order valence-electron chi connectivity index (χ4n) is 4.40. The van der Waals surface area contributed by atoms with E-state index in [0.717, 1.165) is 12.1 Å². The summed E-state index contributed by atoms with van der Waals surface area (Å²) in [6.45, 7) is 2.14. The van der Waals surface area contributed by atoms with Gasteiger partial charge in [0.25, 0.3) is 5.91 Å². The van der Waals surface area contributed by atoms with Gasteiger partial charge in [0.1, 0.15) is 0 Å². The number of amides is 1. The fraction of sp³-hybridized carbons (Fsp3) is 0.350.